The van der Waals surface area contributed by atoms with Crippen LogP contribution >= 0.6 is 0 Å². The molecule has 0 amide bonds. The number of sulfonamides is 1. The Kier molecular flexibility index (Phi) is 6.29. The van der Waals surface area contributed by atoms with Crippen molar-refractivity contribution < 1.29 is 13.2 Å². The summed E-state index contributed by atoms with van der Waals surface area (Å²) in [5.41, 5.74) is 1.45. The zero-order chi connectivity index (χ0) is 15.2. The molecule has 0 heterocycles. The summed E-state index contributed by atoms with van der Waals surface area (Å²) in [6, 6.07) is 5.40. The molecule has 5 nitrogen and oxygen atoms in total. The first-order valence-electron chi connectivity index (χ1n) is 6.77. The molecule has 0 aliphatic carbocycles. The van der Waals surface area contributed by atoms with Gasteiger partial charge in [0.15, 0.2) is 0 Å². The van der Waals surface area contributed by atoms with E-state index in [1.54, 1.807) is 19.1 Å². The van der Waals surface area contributed by atoms with Crippen molar-refractivity contribution in [3.05, 3.63) is 23.8 Å². The van der Waals surface area contributed by atoms with E-state index in [-0.39, 0.29) is 0 Å². The van der Waals surface area contributed by atoms with Gasteiger partial charge in [-0.1, -0.05) is 13.0 Å². The fourth-order valence-electron chi connectivity index (χ4n) is 1.75. The highest BCUT2D eigenvalue weighted by molar-refractivity contribution is 7.93. The predicted molar refractivity (Wildman–Crippen MR) is 82.9 cm³/mol. The standard InChI is InChI=1S/C14H24N2O3S/c1-5-8-15-10-12(3)20(17,18)16-13-9-11(2)6-7-14(13)19-4/h6-7,9,12,15-16H,5,8,10H2,1-4H3. The van der Waals surface area contributed by atoms with E-state index in [0.717, 1.165) is 18.5 Å². The summed E-state index contributed by atoms with van der Waals surface area (Å²) < 4.78 is 32.3. The summed E-state index contributed by atoms with van der Waals surface area (Å²) in [6.07, 6.45) is 0.978. The van der Waals surface area contributed by atoms with Crippen molar-refractivity contribution in [2.45, 2.75) is 32.4 Å². The molecule has 1 rings (SSSR count). The number of anilines is 1. The maximum atomic E-state index is 12.3. The maximum absolute atomic E-state index is 12.3. The second kappa shape index (κ2) is 7.50. The quantitative estimate of drug-likeness (QED) is 0.722. The highest BCUT2D eigenvalue weighted by Gasteiger charge is 2.21. The Morgan fingerprint density at radius 1 is 1.35 bits per heavy atom. The van der Waals surface area contributed by atoms with Crippen LogP contribution < -0.4 is 14.8 Å². The molecule has 114 valence electrons. The van der Waals surface area contributed by atoms with Gasteiger partial charge >= 0.3 is 0 Å². The third-order valence-corrected chi connectivity index (χ3v) is 4.73. The topological polar surface area (TPSA) is 67.4 Å². The molecule has 1 unspecified atom stereocenters. The molecule has 6 heteroatoms. The van der Waals surface area contributed by atoms with Gasteiger partial charge in [0.25, 0.3) is 0 Å². The minimum atomic E-state index is -3.44. The molecule has 0 saturated heterocycles. The predicted octanol–water partition coefficient (Wildman–Crippen LogP) is 2.13. The Morgan fingerprint density at radius 2 is 2.05 bits per heavy atom. The summed E-state index contributed by atoms with van der Waals surface area (Å²) in [4.78, 5) is 0. The number of nitrogens with one attached hydrogen (secondary N) is 2. The number of rotatable bonds is 8. The molecule has 0 aliphatic rings. The Bertz CT molecular complexity index is 529. The highest BCUT2D eigenvalue weighted by Crippen LogP contribution is 2.26. The van der Waals surface area contributed by atoms with Gasteiger partial charge in [0.05, 0.1) is 18.0 Å². The highest BCUT2D eigenvalue weighted by atomic mass is 32.2. The van der Waals surface area contributed by atoms with Gasteiger partial charge < -0.3 is 10.1 Å². The summed E-state index contributed by atoms with van der Waals surface area (Å²) in [5.74, 6) is 0.521. The fourth-order valence-corrected chi connectivity index (χ4v) is 2.75. The smallest absolute Gasteiger partial charge is 0.236 e. The first kappa shape index (κ1) is 16.8. The molecule has 0 radical (unpaired) electrons. The van der Waals surface area contributed by atoms with Gasteiger partial charge in [0.1, 0.15) is 5.75 Å². The number of hydrogen-bond acceptors (Lipinski definition) is 4. The molecule has 2 N–H and O–H groups in total. The maximum Gasteiger partial charge on any atom is 0.236 e. The van der Waals surface area contributed by atoms with E-state index in [4.69, 9.17) is 4.74 Å². The van der Waals surface area contributed by atoms with Crippen molar-refractivity contribution in [1.29, 1.82) is 0 Å². The van der Waals surface area contributed by atoms with Gasteiger partial charge in [-0.15, -0.1) is 0 Å². The van der Waals surface area contributed by atoms with Crippen LogP contribution in [0.4, 0.5) is 5.69 Å². The first-order chi connectivity index (χ1) is 9.40. The van der Waals surface area contributed by atoms with E-state index in [0.29, 0.717) is 18.0 Å². The van der Waals surface area contributed by atoms with Crippen molar-refractivity contribution in [3.63, 3.8) is 0 Å². The molecule has 1 aromatic carbocycles. The van der Waals surface area contributed by atoms with E-state index in [9.17, 15) is 8.42 Å². The second-order valence-electron chi connectivity index (χ2n) is 4.87. The third-order valence-electron chi connectivity index (χ3n) is 3.00. The van der Waals surface area contributed by atoms with Gasteiger partial charge in [-0.25, -0.2) is 8.42 Å². The molecule has 0 spiro atoms. The summed E-state index contributed by atoms with van der Waals surface area (Å²) in [7, 11) is -1.91. The number of aryl methyl sites for hydroxylation is 1. The van der Waals surface area contributed by atoms with Crippen LogP contribution in [0.2, 0.25) is 0 Å². The van der Waals surface area contributed by atoms with Crippen molar-refractivity contribution in [1.82, 2.24) is 5.32 Å². The van der Waals surface area contributed by atoms with Gasteiger partial charge in [-0.05, 0) is 44.5 Å². The van der Waals surface area contributed by atoms with Crippen LogP contribution in [0, 0.1) is 6.92 Å². The normalized spacial score (nSPS) is 13.0. The minimum absolute atomic E-state index is 0.428. The van der Waals surface area contributed by atoms with Crippen LogP contribution in [0.1, 0.15) is 25.8 Å². The molecule has 0 aliphatic heterocycles. The molecule has 0 bridgehead atoms. The molecular weight excluding hydrogens is 276 g/mol. The van der Waals surface area contributed by atoms with E-state index in [1.165, 1.54) is 7.11 Å². The zero-order valence-electron chi connectivity index (χ0n) is 12.6. The molecule has 20 heavy (non-hydrogen) atoms. The van der Waals surface area contributed by atoms with Gasteiger partial charge in [0.2, 0.25) is 10.0 Å². The van der Waals surface area contributed by atoms with Crippen LogP contribution in [-0.4, -0.2) is 33.9 Å². The minimum Gasteiger partial charge on any atom is -0.495 e. The van der Waals surface area contributed by atoms with Crippen LogP contribution in [-0.2, 0) is 10.0 Å². The van der Waals surface area contributed by atoms with E-state index in [1.807, 2.05) is 19.9 Å². The molecular formula is C14H24N2O3S. The Balaban J connectivity index is 2.82. The van der Waals surface area contributed by atoms with Crippen LogP contribution in [0.25, 0.3) is 0 Å². The van der Waals surface area contributed by atoms with Crippen molar-refractivity contribution >= 4 is 15.7 Å². The van der Waals surface area contributed by atoms with E-state index >= 15 is 0 Å². The summed E-state index contributed by atoms with van der Waals surface area (Å²) in [5, 5.41) is 2.60. The average molecular weight is 300 g/mol. The molecule has 1 atom stereocenters. The van der Waals surface area contributed by atoms with Crippen LogP contribution in [0.15, 0.2) is 18.2 Å². The molecule has 1 aromatic rings. The largest absolute Gasteiger partial charge is 0.495 e. The van der Waals surface area contributed by atoms with Crippen molar-refractivity contribution in [2.24, 2.45) is 0 Å². The monoisotopic (exact) mass is 300 g/mol. The molecule has 0 aromatic heterocycles. The van der Waals surface area contributed by atoms with Gasteiger partial charge in [-0.3, -0.25) is 4.72 Å². The average Bonchev–Trinajstić information content (AvgIpc) is 2.38. The lowest BCUT2D eigenvalue weighted by Crippen LogP contribution is -2.35. The Morgan fingerprint density at radius 3 is 2.65 bits per heavy atom. The van der Waals surface area contributed by atoms with Gasteiger partial charge in [0, 0.05) is 6.54 Å². The molecule has 0 saturated carbocycles. The number of methoxy groups -OCH3 is 1. The lowest BCUT2D eigenvalue weighted by atomic mass is 10.2. The fraction of sp³-hybridized carbons (Fsp3) is 0.571. The Hall–Kier alpha value is -1.27. The first-order valence-corrected chi connectivity index (χ1v) is 8.32. The van der Waals surface area contributed by atoms with Crippen molar-refractivity contribution in [2.75, 3.05) is 24.9 Å². The third kappa shape index (κ3) is 4.68. The van der Waals surface area contributed by atoms with Crippen LogP contribution in [0.5, 0.6) is 5.75 Å². The lowest BCUT2D eigenvalue weighted by molar-refractivity contribution is 0.416. The summed E-state index contributed by atoms with van der Waals surface area (Å²) >= 11 is 0. The van der Waals surface area contributed by atoms with E-state index < -0.39 is 15.3 Å². The number of hydrogen-bond donors (Lipinski definition) is 2. The Labute approximate surface area is 121 Å². The summed E-state index contributed by atoms with van der Waals surface area (Å²) in [6.45, 7) is 6.88. The number of ether oxygens (including phenoxy) is 1. The van der Waals surface area contributed by atoms with E-state index in [2.05, 4.69) is 10.0 Å². The SMILES string of the molecule is CCCNCC(C)S(=O)(=O)Nc1cc(C)ccc1OC. The molecule has 0 fully saturated rings. The lowest BCUT2D eigenvalue weighted by Gasteiger charge is -2.17. The number of benzene rings is 1. The van der Waals surface area contributed by atoms with Crippen LogP contribution in [0.3, 0.4) is 0 Å². The second-order valence-corrected chi connectivity index (χ2v) is 6.96. The van der Waals surface area contributed by atoms with Gasteiger partial charge in [-0.2, -0.15) is 0 Å². The van der Waals surface area contributed by atoms with Crippen molar-refractivity contribution in [3.8, 4) is 5.75 Å². The zero-order valence-corrected chi connectivity index (χ0v) is 13.4.